The van der Waals surface area contributed by atoms with E-state index in [0.717, 1.165) is 12.8 Å². The van der Waals surface area contributed by atoms with Crippen molar-refractivity contribution < 1.29 is 4.79 Å². The SMILES string of the molecule is O=C1N=CC2(CCCCC2)N1. The van der Waals surface area contributed by atoms with Crippen LogP contribution in [0.5, 0.6) is 0 Å². The van der Waals surface area contributed by atoms with Crippen LogP contribution < -0.4 is 5.32 Å². The molecule has 1 aliphatic carbocycles. The molecule has 1 aliphatic heterocycles. The van der Waals surface area contributed by atoms with Crippen LogP contribution in [0.1, 0.15) is 32.1 Å². The summed E-state index contributed by atoms with van der Waals surface area (Å²) in [5.41, 5.74) is -0.0463. The van der Waals surface area contributed by atoms with Crippen LogP contribution in [-0.4, -0.2) is 17.8 Å². The minimum Gasteiger partial charge on any atom is -0.326 e. The second-order valence-electron chi connectivity index (χ2n) is 3.41. The van der Waals surface area contributed by atoms with E-state index in [1.807, 2.05) is 0 Å². The summed E-state index contributed by atoms with van der Waals surface area (Å²) in [6.45, 7) is 0. The van der Waals surface area contributed by atoms with E-state index in [2.05, 4.69) is 10.3 Å². The largest absolute Gasteiger partial charge is 0.341 e. The van der Waals surface area contributed by atoms with Gasteiger partial charge >= 0.3 is 6.03 Å². The zero-order chi connectivity index (χ0) is 7.73. The highest BCUT2D eigenvalue weighted by molar-refractivity contribution is 5.95. The van der Waals surface area contributed by atoms with Gasteiger partial charge in [-0.05, 0) is 12.8 Å². The number of amides is 2. The minimum absolute atomic E-state index is 0.0463. The van der Waals surface area contributed by atoms with Gasteiger partial charge in [0.15, 0.2) is 0 Å². The number of nitrogens with one attached hydrogen (secondary N) is 1. The van der Waals surface area contributed by atoms with Gasteiger partial charge in [0, 0.05) is 6.21 Å². The fourth-order valence-electron chi connectivity index (χ4n) is 1.90. The van der Waals surface area contributed by atoms with Gasteiger partial charge in [-0.25, -0.2) is 9.79 Å². The highest BCUT2D eigenvalue weighted by atomic mass is 16.2. The Morgan fingerprint density at radius 3 is 2.64 bits per heavy atom. The van der Waals surface area contributed by atoms with E-state index in [4.69, 9.17) is 0 Å². The summed E-state index contributed by atoms with van der Waals surface area (Å²) in [5.74, 6) is 0. The number of carbonyl (C=O) groups is 1. The zero-order valence-corrected chi connectivity index (χ0v) is 6.47. The normalized spacial score (nSPS) is 27.5. The van der Waals surface area contributed by atoms with Crippen molar-refractivity contribution in [1.29, 1.82) is 0 Å². The summed E-state index contributed by atoms with van der Waals surface area (Å²) in [5, 5.41) is 2.91. The first kappa shape index (κ1) is 6.83. The Morgan fingerprint density at radius 2 is 2.09 bits per heavy atom. The summed E-state index contributed by atoms with van der Waals surface area (Å²) in [7, 11) is 0. The summed E-state index contributed by atoms with van der Waals surface area (Å²) in [6, 6.07) is -0.160. The van der Waals surface area contributed by atoms with Gasteiger partial charge in [-0.15, -0.1) is 0 Å². The number of carbonyl (C=O) groups excluding carboxylic acids is 1. The Labute approximate surface area is 65.9 Å². The van der Waals surface area contributed by atoms with Crippen LogP contribution in [0, 0.1) is 0 Å². The van der Waals surface area contributed by atoms with Gasteiger partial charge in [0.1, 0.15) is 0 Å². The molecule has 0 unspecified atom stereocenters. The van der Waals surface area contributed by atoms with E-state index in [1.165, 1.54) is 19.3 Å². The molecule has 0 radical (unpaired) electrons. The number of rotatable bonds is 0. The summed E-state index contributed by atoms with van der Waals surface area (Å²) in [6.07, 6.45) is 7.67. The molecule has 3 heteroatoms. The number of hydrogen-bond acceptors (Lipinski definition) is 1. The standard InChI is InChI=1S/C8H12N2O/c11-7-9-6-8(10-7)4-2-1-3-5-8/h6H,1-5H2,(H,10,11). The van der Waals surface area contributed by atoms with E-state index in [-0.39, 0.29) is 11.6 Å². The fourth-order valence-corrected chi connectivity index (χ4v) is 1.90. The first-order valence-corrected chi connectivity index (χ1v) is 4.18. The highest BCUT2D eigenvalue weighted by Crippen LogP contribution is 2.28. The lowest BCUT2D eigenvalue weighted by molar-refractivity contribution is 0.240. The van der Waals surface area contributed by atoms with Crippen LogP contribution in [0.25, 0.3) is 0 Å². The maximum atomic E-state index is 10.8. The van der Waals surface area contributed by atoms with Crippen LogP contribution >= 0.6 is 0 Å². The molecule has 1 heterocycles. The van der Waals surface area contributed by atoms with Crippen molar-refractivity contribution in [3.05, 3.63) is 0 Å². The quantitative estimate of drug-likeness (QED) is 0.561. The van der Waals surface area contributed by atoms with Crippen molar-refractivity contribution in [1.82, 2.24) is 5.32 Å². The van der Waals surface area contributed by atoms with Crippen molar-refractivity contribution in [3.63, 3.8) is 0 Å². The molecule has 11 heavy (non-hydrogen) atoms. The Balaban J connectivity index is 2.10. The summed E-state index contributed by atoms with van der Waals surface area (Å²) >= 11 is 0. The van der Waals surface area contributed by atoms with Crippen LogP contribution in [0.3, 0.4) is 0 Å². The minimum atomic E-state index is -0.160. The Kier molecular flexibility index (Phi) is 1.44. The molecule has 60 valence electrons. The third-order valence-corrected chi connectivity index (χ3v) is 2.53. The van der Waals surface area contributed by atoms with Crippen LogP contribution in [0.15, 0.2) is 4.99 Å². The molecule has 0 aromatic rings. The molecule has 0 aromatic carbocycles. The van der Waals surface area contributed by atoms with Crippen molar-refractivity contribution in [2.45, 2.75) is 37.6 Å². The molecule has 0 bridgehead atoms. The lowest BCUT2D eigenvalue weighted by Gasteiger charge is -2.30. The van der Waals surface area contributed by atoms with Gasteiger partial charge in [0.25, 0.3) is 0 Å². The second-order valence-corrected chi connectivity index (χ2v) is 3.41. The third-order valence-electron chi connectivity index (χ3n) is 2.53. The van der Waals surface area contributed by atoms with Crippen molar-refractivity contribution in [3.8, 4) is 0 Å². The first-order valence-electron chi connectivity index (χ1n) is 4.18. The van der Waals surface area contributed by atoms with E-state index in [1.54, 1.807) is 6.21 Å². The topological polar surface area (TPSA) is 41.5 Å². The van der Waals surface area contributed by atoms with Crippen molar-refractivity contribution in [2.75, 3.05) is 0 Å². The number of nitrogens with zero attached hydrogens (tertiary/aromatic N) is 1. The van der Waals surface area contributed by atoms with Crippen molar-refractivity contribution in [2.24, 2.45) is 4.99 Å². The fraction of sp³-hybridized carbons (Fsp3) is 0.750. The Bertz CT molecular complexity index is 204. The number of urea groups is 1. The average Bonchev–Trinajstić information content (AvgIpc) is 2.34. The molecular weight excluding hydrogens is 140 g/mol. The van der Waals surface area contributed by atoms with Crippen molar-refractivity contribution >= 4 is 12.2 Å². The molecule has 2 rings (SSSR count). The van der Waals surface area contributed by atoms with Gasteiger partial charge in [-0.1, -0.05) is 19.3 Å². The molecule has 1 fully saturated rings. The van der Waals surface area contributed by atoms with E-state index >= 15 is 0 Å². The molecular formula is C8H12N2O. The molecule has 1 spiro atoms. The molecule has 1 saturated carbocycles. The lowest BCUT2D eigenvalue weighted by Crippen LogP contribution is -2.45. The second kappa shape index (κ2) is 2.32. The molecule has 0 saturated heterocycles. The molecule has 2 aliphatic rings. The molecule has 3 nitrogen and oxygen atoms in total. The van der Waals surface area contributed by atoms with Crippen LogP contribution in [-0.2, 0) is 0 Å². The number of hydrogen-bond donors (Lipinski definition) is 1. The smallest absolute Gasteiger partial charge is 0.326 e. The maximum absolute atomic E-state index is 10.8. The zero-order valence-electron chi connectivity index (χ0n) is 6.47. The van der Waals surface area contributed by atoms with Gasteiger partial charge in [-0.2, -0.15) is 0 Å². The van der Waals surface area contributed by atoms with Gasteiger partial charge in [0.05, 0.1) is 5.54 Å². The van der Waals surface area contributed by atoms with E-state index < -0.39 is 0 Å². The van der Waals surface area contributed by atoms with Gasteiger partial charge in [0.2, 0.25) is 0 Å². The predicted octanol–water partition coefficient (Wildman–Crippen LogP) is 1.48. The maximum Gasteiger partial charge on any atom is 0.341 e. The average molecular weight is 152 g/mol. The molecule has 0 aromatic heterocycles. The highest BCUT2D eigenvalue weighted by Gasteiger charge is 2.35. The third kappa shape index (κ3) is 1.15. The molecule has 0 atom stereocenters. The Morgan fingerprint density at radius 1 is 1.36 bits per heavy atom. The number of aliphatic imine (C=N–C) groups is 1. The van der Waals surface area contributed by atoms with Gasteiger partial charge < -0.3 is 5.32 Å². The lowest BCUT2D eigenvalue weighted by atomic mass is 9.83. The molecule has 2 amide bonds. The van der Waals surface area contributed by atoms with Crippen LogP contribution in [0.4, 0.5) is 4.79 Å². The first-order chi connectivity index (χ1) is 5.31. The van der Waals surface area contributed by atoms with E-state index in [0.29, 0.717) is 0 Å². The van der Waals surface area contributed by atoms with Crippen LogP contribution in [0.2, 0.25) is 0 Å². The molecule has 1 N–H and O–H groups in total. The van der Waals surface area contributed by atoms with E-state index in [9.17, 15) is 4.79 Å². The monoisotopic (exact) mass is 152 g/mol. The summed E-state index contributed by atoms with van der Waals surface area (Å²) in [4.78, 5) is 14.5. The predicted molar refractivity (Wildman–Crippen MR) is 42.8 cm³/mol. The summed E-state index contributed by atoms with van der Waals surface area (Å²) < 4.78 is 0. The van der Waals surface area contributed by atoms with Gasteiger partial charge in [-0.3, -0.25) is 0 Å². The Hall–Kier alpha value is -0.860.